The molecule has 0 fully saturated rings. The van der Waals surface area contributed by atoms with Gasteiger partial charge in [-0.25, -0.2) is 0 Å². The van der Waals surface area contributed by atoms with Crippen LogP contribution in [0.1, 0.15) is 28.4 Å². The molecule has 1 N–H and O–H groups in total. The van der Waals surface area contributed by atoms with Crippen molar-refractivity contribution >= 4 is 21.8 Å². The van der Waals surface area contributed by atoms with E-state index in [0.717, 1.165) is 16.5 Å². The number of halogens is 1. The van der Waals surface area contributed by atoms with Gasteiger partial charge in [0.15, 0.2) is 0 Å². The Bertz CT molecular complexity index is 363. The number of alkyl halides is 1. The zero-order valence-corrected chi connectivity index (χ0v) is 10.9. The van der Waals surface area contributed by atoms with Crippen LogP contribution >= 0.6 is 15.9 Å². The minimum absolute atomic E-state index is 0.00921. The summed E-state index contributed by atoms with van der Waals surface area (Å²) in [5.74, 6) is -0.00921. The van der Waals surface area contributed by atoms with Gasteiger partial charge in [-0.2, -0.15) is 0 Å². The number of benzene rings is 1. The van der Waals surface area contributed by atoms with Gasteiger partial charge in [0.2, 0.25) is 0 Å². The highest BCUT2D eigenvalue weighted by Crippen LogP contribution is 2.09. The standard InChI is InChI=1S/C12H16BrNO/c1-8-4-5-11(6-9(8)2)12(15)14-10(3)7-13/h4-6,10H,7H2,1-3H3,(H,14,15). The zero-order valence-electron chi connectivity index (χ0n) is 9.30. The number of hydrogen-bond acceptors (Lipinski definition) is 1. The van der Waals surface area contributed by atoms with Crippen molar-refractivity contribution in [2.24, 2.45) is 0 Å². The minimum Gasteiger partial charge on any atom is -0.349 e. The van der Waals surface area contributed by atoms with Gasteiger partial charge in [-0.1, -0.05) is 22.0 Å². The Balaban J connectivity index is 2.78. The molecule has 1 amide bonds. The molecule has 1 atom stereocenters. The van der Waals surface area contributed by atoms with Gasteiger partial charge in [-0.3, -0.25) is 4.79 Å². The van der Waals surface area contributed by atoms with Crippen molar-refractivity contribution in [3.8, 4) is 0 Å². The Morgan fingerprint density at radius 3 is 2.60 bits per heavy atom. The number of carbonyl (C=O) groups is 1. The average molecular weight is 270 g/mol. The fraction of sp³-hybridized carbons (Fsp3) is 0.417. The van der Waals surface area contributed by atoms with E-state index in [1.54, 1.807) is 0 Å². The van der Waals surface area contributed by atoms with E-state index in [9.17, 15) is 4.79 Å². The maximum atomic E-state index is 11.7. The lowest BCUT2D eigenvalue weighted by atomic mass is 10.1. The van der Waals surface area contributed by atoms with Crippen LogP contribution in [0.25, 0.3) is 0 Å². The topological polar surface area (TPSA) is 29.1 Å². The number of aryl methyl sites for hydroxylation is 2. The normalized spacial score (nSPS) is 12.3. The van der Waals surface area contributed by atoms with Crippen molar-refractivity contribution in [1.82, 2.24) is 5.32 Å². The van der Waals surface area contributed by atoms with Crippen LogP contribution in [0.4, 0.5) is 0 Å². The third-order valence-electron chi connectivity index (χ3n) is 2.38. The highest BCUT2D eigenvalue weighted by molar-refractivity contribution is 9.09. The monoisotopic (exact) mass is 269 g/mol. The summed E-state index contributed by atoms with van der Waals surface area (Å²) in [6, 6.07) is 5.91. The Labute approximate surface area is 99.2 Å². The van der Waals surface area contributed by atoms with Crippen molar-refractivity contribution in [1.29, 1.82) is 0 Å². The van der Waals surface area contributed by atoms with Gasteiger partial charge in [0.05, 0.1) is 0 Å². The van der Waals surface area contributed by atoms with Crippen molar-refractivity contribution in [2.75, 3.05) is 5.33 Å². The second-order valence-electron chi connectivity index (χ2n) is 3.83. The molecule has 1 aromatic rings. The van der Waals surface area contributed by atoms with E-state index in [0.29, 0.717) is 0 Å². The molecule has 0 saturated carbocycles. The van der Waals surface area contributed by atoms with Crippen LogP contribution in [0.3, 0.4) is 0 Å². The Hall–Kier alpha value is -0.830. The predicted molar refractivity (Wildman–Crippen MR) is 66.6 cm³/mol. The molecular formula is C12H16BrNO. The van der Waals surface area contributed by atoms with Crippen LogP contribution < -0.4 is 5.32 Å². The SMILES string of the molecule is Cc1ccc(C(=O)NC(C)CBr)cc1C. The van der Waals surface area contributed by atoms with Gasteiger partial charge < -0.3 is 5.32 Å². The summed E-state index contributed by atoms with van der Waals surface area (Å²) in [6.07, 6.45) is 0. The lowest BCUT2D eigenvalue weighted by Crippen LogP contribution is -2.33. The lowest BCUT2D eigenvalue weighted by molar-refractivity contribution is 0.0944. The molecule has 1 aromatic carbocycles. The van der Waals surface area contributed by atoms with E-state index >= 15 is 0 Å². The zero-order chi connectivity index (χ0) is 11.4. The first-order chi connectivity index (χ1) is 7.04. The first-order valence-electron chi connectivity index (χ1n) is 4.98. The molecule has 0 aliphatic rings. The molecule has 1 rings (SSSR count). The summed E-state index contributed by atoms with van der Waals surface area (Å²) in [5, 5.41) is 3.67. The Kier molecular flexibility index (Phi) is 4.33. The summed E-state index contributed by atoms with van der Waals surface area (Å²) < 4.78 is 0. The van der Waals surface area contributed by atoms with Gasteiger partial charge in [-0.05, 0) is 44.0 Å². The predicted octanol–water partition coefficient (Wildman–Crippen LogP) is 2.82. The van der Waals surface area contributed by atoms with Gasteiger partial charge in [0.25, 0.3) is 5.91 Å². The van der Waals surface area contributed by atoms with Crippen molar-refractivity contribution < 1.29 is 4.79 Å². The number of nitrogens with one attached hydrogen (secondary N) is 1. The largest absolute Gasteiger partial charge is 0.349 e. The van der Waals surface area contributed by atoms with E-state index in [2.05, 4.69) is 21.2 Å². The summed E-state index contributed by atoms with van der Waals surface area (Å²) in [7, 11) is 0. The molecule has 1 unspecified atom stereocenters. The van der Waals surface area contributed by atoms with Crippen molar-refractivity contribution in [2.45, 2.75) is 26.8 Å². The van der Waals surface area contributed by atoms with Crippen molar-refractivity contribution in [3.05, 3.63) is 34.9 Å². The van der Waals surface area contributed by atoms with Gasteiger partial charge in [0.1, 0.15) is 0 Å². The average Bonchev–Trinajstić information content (AvgIpc) is 2.21. The van der Waals surface area contributed by atoms with Gasteiger partial charge >= 0.3 is 0 Å². The van der Waals surface area contributed by atoms with Gasteiger partial charge in [-0.15, -0.1) is 0 Å². The molecule has 0 aromatic heterocycles. The summed E-state index contributed by atoms with van der Waals surface area (Å²) in [6.45, 7) is 6.02. The van der Waals surface area contributed by atoms with Crippen LogP contribution in [0.15, 0.2) is 18.2 Å². The van der Waals surface area contributed by atoms with Crippen molar-refractivity contribution in [3.63, 3.8) is 0 Å². The second-order valence-corrected chi connectivity index (χ2v) is 4.48. The highest BCUT2D eigenvalue weighted by atomic mass is 79.9. The third kappa shape index (κ3) is 3.34. The molecule has 15 heavy (non-hydrogen) atoms. The maximum Gasteiger partial charge on any atom is 0.251 e. The third-order valence-corrected chi connectivity index (χ3v) is 3.35. The molecule has 0 radical (unpaired) electrons. The highest BCUT2D eigenvalue weighted by Gasteiger charge is 2.08. The Morgan fingerprint density at radius 1 is 1.40 bits per heavy atom. The van der Waals surface area contributed by atoms with Crippen LogP contribution in [0.5, 0.6) is 0 Å². The van der Waals surface area contributed by atoms with Crippen LogP contribution in [0.2, 0.25) is 0 Å². The maximum absolute atomic E-state index is 11.7. The number of amides is 1. The fourth-order valence-electron chi connectivity index (χ4n) is 1.23. The molecule has 0 heterocycles. The van der Waals surface area contributed by atoms with Crippen LogP contribution in [-0.4, -0.2) is 17.3 Å². The fourth-order valence-corrected chi connectivity index (χ4v) is 1.39. The van der Waals surface area contributed by atoms with E-state index in [1.807, 2.05) is 39.0 Å². The van der Waals surface area contributed by atoms with E-state index in [1.165, 1.54) is 5.56 Å². The molecular weight excluding hydrogens is 254 g/mol. The van der Waals surface area contributed by atoms with Gasteiger partial charge in [0, 0.05) is 16.9 Å². The molecule has 0 bridgehead atoms. The number of hydrogen-bond donors (Lipinski definition) is 1. The van der Waals surface area contributed by atoms with E-state index < -0.39 is 0 Å². The molecule has 0 saturated heterocycles. The first-order valence-corrected chi connectivity index (χ1v) is 6.11. The molecule has 0 aliphatic carbocycles. The summed E-state index contributed by atoms with van der Waals surface area (Å²) >= 11 is 3.33. The Morgan fingerprint density at radius 2 is 2.07 bits per heavy atom. The van der Waals surface area contributed by atoms with Crippen LogP contribution in [0, 0.1) is 13.8 Å². The first kappa shape index (κ1) is 12.2. The number of carbonyl (C=O) groups excluding carboxylic acids is 1. The number of rotatable bonds is 3. The smallest absolute Gasteiger partial charge is 0.251 e. The summed E-state index contributed by atoms with van der Waals surface area (Å²) in [4.78, 5) is 11.7. The lowest BCUT2D eigenvalue weighted by Gasteiger charge is -2.11. The molecule has 0 aliphatic heterocycles. The minimum atomic E-state index is -0.00921. The molecule has 0 spiro atoms. The van der Waals surface area contributed by atoms with Crippen LogP contribution in [-0.2, 0) is 0 Å². The quantitative estimate of drug-likeness (QED) is 0.841. The molecule has 2 nitrogen and oxygen atoms in total. The molecule has 3 heteroatoms. The second kappa shape index (κ2) is 5.31. The summed E-state index contributed by atoms with van der Waals surface area (Å²) in [5.41, 5.74) is 3.08. The van der Waals surface area contributed by atoms with E-state index in [-0.39, 0.29) is 11.9 Å². The molecule has 82 valence electrons. The van der Waals surface area contributed by atoms with E-state index in [4.69, 9.17) is 0 Å².